The average Bonchev–Trinajstić information content (AvgIpc) is 3.37. The molecule has 7 heteroatoms. The Morgan fingerprint density at radius 2 is 1.96 bits per heavy atom. The predicted molar refractivity (Wildman–Crippen MR) is 103 cm³/mol. The number of hydrogen-bond acceptors (Lipinski definition) is 5. The molecule has 6 nitrogen and oxygen atoms in total. The molecule has 1 aliphatic heterocycles. The van der Waals surface area contributed by atoms with Gasteiger partial charge in [-0.25, -0.2) is 0 Å². The maximum atomic E-state index is 12.6. The van der Waals surface area contributed by atoms with Crippen LogP contribution in [0.3, 0.4) is 0 Å². The number of benzene rings is 2. The van der Waals surface area contributed by atoms with Gasteiger partial charge >= 0.3 is 0 Å². The normalized spacial score (nSPS) is 16.5. The standard InChI is InChI=1S/C20H18BrN3O3/c21-15-10-8-14(9-11-15)19-22-20(27-23-19)17-7-4-12-24(17)18(25)13-26-16-5-2-1-3-6-16/h1-3,5-6,8-11,17H,4,7,12-13H2. The van der Waals surface area contributed by atoms with Gasteiger partial charge in [-0.05, 0) is 49.2 Å². The van der Waals surface area contributed by atoms with E-state index in [2.05, 4.69) is 26.1 Å². The number of nitrogens with zero attached hydrogens (tertiary/aromatic N) is 3. The molecular formula is C20H18BrN3O3. The Bertz CT molecular complexity index is 912. The van der Waals surface area contributed by atoms with Gasteiger partial charge in [0.2, 0.25) is 11.7 Å². The first-order chi connectivity index (χ1) is 13.2. The first-order valence-corrected chi connectivity index (χ1v) is 9.57. The van der Waals surface area contributed by atoms with E-state index in [1.807, 2.05) is 54.6 Å². The molecule has 0 radical (unpaired) electrons. The molecule has 1 saturated heterocycles. The van der Waals surface area contributed by atoms with Crippen molar-refractivity contribution in [2.24, 2.45) is 0 Å². The summed E-state index contributed by atoms with van der Waals surface area (Å²) in [6.45, 7) is 0.659. The minimum Gasteiger partial charge on any atom is -0.484 e. The molecule has 1 aliphatic rings. The number of amides is 1. The van der Waals surface area contributed by atoms with Crippen LogP contribution in [-0.2, 0) is 4.79 Å². The van der Waals surface area contributed by atoms with Crippen LogP contribution in [-0.4, -0.2) is 34.1 Å². The summed E-state index contributed by atoms with van der Waals surface area (Å²) < 4.78 is 12.0. The summed E-state index contributed by atoms with van der Waals surface area (Å²) in [5.41, 5.74) is 0.872. The fourth-order valence-corrected chi connectivity index (χ4v) is 3.42. The van der Waals surface area contributed by atoms with Gasteiger partial charge in [0, 0.05) is 16.6 Å². The summed E-state index contributed by atoms with van der Waals surface area (Å²) in [4.78, 5) is 18.9. The lowest BCUT2D eigenvalue weighted by molar-refractivity contribution is -0.134. The Hall–Kier alpha value is -2.67. The van der Waals surface area contributed by atoms with Crippen molar-refractivity contribution in [2.45, 2.75) is 18.9 Å². The van der Waals surface area contributed by atoms with Crippen LogP contribution in [0, 0.1) is 0 Å². The summed E-state index contributed by atoms with van der Waals surface area (Å²) in [5, 5.41) is 4.08. The second kappa shape index (κ2) is 7.92. The first kappa shape index (κ1) is 17.7. The highest BCUT2D eigenvalue weighted by Gasteiger charge is 2.34. The van der Waals surface area contributed by atoms with Gasteiger partial charge < -0.3 is 14.2 Å². The van der Waals surface area contributed by atoms with Crippen molar-refractivity contribution in [1.29, 1.82) is 0 Å². The summed E-state index contributed by atoms with van der Waals surface area (Å²) in [6.07, 6.45) is 1.71. The van der Waals surface area contributed by atoms with Crippen molar-refractivity contribution in [1.82, 2.24) is 15.0 Å². The van der Waals surface area contributed by atoms with Gasteiger partial charge in [0.25, 0.3) is 5.91 Å². The number of hydrogen-bond donors (Lipinski definition) is 0. The third kappa shape index (κ3) is 4.03. The molecule has 0 bridgehead atoms. The van der Waals surface area contributed by atoms with E-state index >= 15 is 0 Å². The van der Waals surface area contributed by atoms with Gasteiger partial charge in [-0.1, -0.05) is 39.3 Å². The molecular weight excluding hydrogens is 410 g/mol. The zero-order valence-corrected chi connectivity index (χ0v) is 16.1. The molecule has 2 aromatic carbocycles. The largest absolute Gasteiger partial charge is 0.484 e. The van der Waals surface area contributed by atoms with Gasteiger partial charge in [0.05, 0.1) is 0 Å². The second-order valence-electron chi connectivity index (χ2n) is 6.31. The highest BCUT2D eigenvalue weighted by molar-refractivity contribution is 9.10. The maximum Gasteiger partial charge on any atom is 0.261 e. The molecule has 1 fully saturated rings. The molecule has 0 N–H and O–H groups in total. The third-order valence-corrected chi connectivity index (χ3v) is 5.04. The van der Waals surface area contributed by atoms with Crippen LogP contribution in [0.25, 0.3) is 11.4 Å². The van der Waals surface area contributed by atoms with Crippen molar-refractivity contribution in [3.63, 3.8) is 0 Å². The highest BCUT2D eigenvalue weighted by atomic mass is 79.9. The maximum absolute atomic E-state index is 12.6. The smallest absolute Gasteiger partial charge is 0.261 e. The lowest BCUT2D eigenvalue weighted by atomic mass is 10.2. The zero-order chi connectivity index (χ0) is 18.6. The van der Waals surface area contributed by atoms with Crippen molar-refractivity contribution in [2.75, 3.05) is 13.2 Å². The molecule has 0 aliphatic carbocycles. The number of aromatic nitrogens is 2. The molecule has 4 rings (SSSR count). The van der Waals surface area contributed by atoms with E-state index in [0.717, 1.165) is 22.9 Å². The minimum atomic E-state index is -0.200. The molecule has 1 aromatic heterocycles. The third-order valence-electron chi connectivity index (χ3n) is 4.51. The Balaban J connectivity index is 1.45. The van der Waals surface area contributed by atoms with E-state index in [1.165, 1.54) is 0 Å². The van der Waals surface area contributed by atoms with E-state index in [4.69, 9.17) is 9.26 Å². The number of rotatable bonds is 5. The summed E-state index contributed by atoms with van der Waals surface area (Å²) in [6, 6.07) is 16.8. The van der Waals surface area contributed by atoms with Crippen LogP contribution in [0.15, 0.2) is 63.6 Å². The summed E-state index contributed by atoms with van der Waals surface area (Å²) >= 11 is 3.41. The van der Waals surface area contributed by atoms with Gasteiger partial charge in [-0.3, -0.25) is 4.79 Å². The number of ether oxygens (including phenoxy) is 1. The number of para-hydroxylation sites is 1. The first-order valence-electron chi connectivity index (χ1n) is 8.77. The average molecular weight is 428 g/mol. The topological polar surface area (TPSA) is 68.5 Å². The summed E-state index contributed by atoms with van der Waals surface area (Å²) in [5.74, 6) is 1.59. The van der Waals surface area contributed by atoms with Crippen molar-refractivity contribution in [3.8, 4) is 17.1 Å². The van der Waals surface area contributed by atoms with Crippen LogP contribution in [0.4, 0.5) is 0 Å². The summed E-state index contributed by atoms with van der Waals surface area (Å²) in [7, 11) is 0. The number of carbonyl (C=O) groups is 1. The van der Waals surface area contributed by atoms with Crippen LogP contribution in [0.5, 0.6) is 5.75 Å². The number of likely N-dealkylation sites (tertiary alicyclic amines) is 1. The van der Waals surface area contributed by atoms with Crippen LogP contribution >= 0.6 is 15.9 Å². The fraction of sp³-hybridized carbons (Fsp3) is 0.250. The molecule has 3 aromatic rings. The molecule has 0 saturated carbocycles. The van der Waals surface area contributed by atoms with Crippen molar-refractivity contribution >= 4 is 21.8 Å². The fourth-order valence-electron chi connectivity index (χ4n) is 3.15. The van der Waals surface area contributed by atoms with E-state index in [9.17, 15) is 4.79 Å². The number of carbonyl (C=O) groups excluding carboxylic acids is 1. The molecule has 1 unspecified atom stereocenters. The lowest BCUT2D eigenvalue weighted by Gasteiger charge is -2.21. The monoisotopic (exact) mass is 427 g/mol. The van der Waals surface area contributed by atoms with Crippen LogP contribution < -0.4 is 4.74 Å². The second-order valence-corrected chi connectivity index (χ2v) is 7.23. The molecule has 0 spiro atoms. The quantitative estimate of drug-likeness (QED) is 0.608. The molecule has 138 valence electrons. The van der Waals surface area contributed by atoms with E-state index in [0.29, 0.717) is 24.0 Å². The van der Waals surface area contributed by atoms with Crippen molar-refractivity contribution < 1.29 is 14.1 Å². The van der Waals surface area contributed by atoms with Gasteiger partial charge in [-0.2, -0.15) is 4.98 Å². The van der Waals surface area contributed by atoms with Crippen molar-refractivity contribution in [3.05, 3.63) is 65.0 Å². The lowest BCUT2D eigenvalue weighted by Crippen LogP contribution is -2.34. The zero-order valence-electron chi connectivity index (χ0n) is 14.5. The SMILES string of the molecule is O=C(COc1ccccc1)N1CCCC1c1nc(-c2ccc(Br)cc2)no1. The van der Waals surface area contributed by atoms with E-state index < -0.39 is 0 Å². The van der Waals surface area contributed by atoms with Crippen LogP contribution in [0.2, 0.25) is 0 Å². The van der Waals surface area contributed by atoms with E-state index in [-0.39, 0.29) is 18.6 Å². The van der Waals surface area contributed by atoms with Gasteiger partial charge in [-0.15, -0.1) is 0 Å². The minimum absolute atomic E-state index is 0.00573. The number of halogens is 1. The predicted octanol–water partition coefficient (Wildman–Crippen LogP) is 4.24. The van der Waals surface area contributed by atoms with Gasteiger partial charge in [0.1, 0.15) is 11.8 Å². The Morgan fingerprint density at radius 1 is 1.19 bits per heavy atom. The molecule has 2 heterocycles. The van der Waals surface area contributed by atoms with Crippen LogP contribution in [0.1, 0.15) is 24.8 Å². The molecule has 1 amide bonds. The molecule has 27 heavy (non-hydrogen) atoms. The highest BCUT2D eigenvalue weighted by Crippen LogP contribution is 2.32. The van der Waals surface area contributed by atoms with E-state index in [1.54, 1.807) is 4.90 Å². The Kier molecular flexibility index (Phi) is 5.20. The Morgan fingerprint density at radius 3 is 2.74 bits per heavy atom. The Labute approximate surface area is 165 Å². The van der Waals surface area contributed by atoms with Gasteiger partial charge in [0.15, 0.2) is 6.61 Å². The molecule has 1 atom stereocenters.